The molecule has 17 heavy (non-hydrogen) atoms. The number of ether oxygens (including phenoxy) is 1. The average molecular weight is 284 g/mol. The molecule has 9 heteroatoms. The van der Waals surface area contributed by atoms with Crippen molar-refractivity contribution in [3.63, 3.8) is 0 Å². The quantitative estimate of drug-likeness (QED) is 0.469. The predicted octanol–water partition coefficient (Wildman–Crippen LogP) is 0.798. The molecular formula is C8H15F2NaO5S. The second kappa shape index (κ2) is 6.42. The molecule has 0 atom stereocenters. The van der Waals surface area contributed by atoms with E-state index in [1.165, 1.54) is 0 Å². The van der Waals surface area contributed by atoms with Crippen molar-refractivity contribution >= 4 is 45.6 Å². The normalized spacial score (nSPS) is 12.8. The second-order valence-electron chi connectivity index (χ2n) is 4.51. The van der Waals surface area contributed by atoms with Gasteiger partial charge in [0.25, 0.3) is 0 Å². The van der Waals surface area contributed by atoms with Crippen LogP contribution >= 0.6 is 0 Å². The third kappa shape index (κ3) is 8.04. The van der Waals surface area contributed by atoms with E-state index >= 15 is 0 Å². The first-order valence-corrected chi connectivity index (χ1v) is 5.80. The molecule has 0 aromatic carbocycles. The van der Waals surface area contributed by atoms with Gasteiger partial charge in [-0.2, -0.15) is 17.2 Å². The van der Waals surface area contributed by atoms with Crippen molar-refractivity contribution in [2.45, 2.75) is 32.4 Å². The minimum atomic E-state index is -5.55. The van der Waals surface area contributed by atoms with Crippen molar-refractivity contribution in [1.82, 2.24) is 0 Å². The number of hydrogen-bond donors (Lipinski definition) is 1. The number of carbonyl (C=O) groups is 1. The van der Waals surface area contributed by atoms with Crippen molar-refractivity contribution in [2.24, 2.45) is 5.41 Å². The van der Waals surface area contributed by atoms with E-state index < -0.39 is 33.4 Å². The minimum absolute atomic E-state index is 0. The van der Waals surface area contributed by atoms with Crippen LogP contribution in [0.4, 0.5) is 8.78 Å². The van der Waals surface area contributed by atoms with Crippen LogP contribution in [0.25, 0.3) is 0 Å². The van der Waals surface area contributed by atoms with Crippen molar-refractivity contribution in [3.8, 4) is 0 Å². The summed E-state index contributed by atoms with van der Waals surface area (Å²) in [5.41, 5.74) is -0.454. The van der Waals surface area contributed by atoms with Gasteiger partial charge in [0.05, 0.1) is 6.42 Å². The summed E-state index contributed by atoms with van der Waals surface area (Å²) in [4.78, 5) is 11.0. The number of halogens is 2. The molecule has 0 aromatic heterocycles. The fraction of sp³-hybridized carbons (Fsp3) is 0.875. The number of alkyl halides is 2. The summed E-state index contributed by atoms with van der Waals surface area (Å²) in [5, 5.41) is -4.47. The Morgan fingerprint density at radius 2 is 1.71 bits per heavy atom. The molecule has 0 bridgehead atoms. The van der Waals surface area contributed by atoms with Gasteiger partial charge < -0.3 is 4.74 Å². The molecule has 0 heterocycles. The van der Waals surface area contributed by atoms with Crippen molar-refractivity contribution in [3.05, 3.63) is 0 Å². The van der Waals surface area contributed by atoms with Gasteiger partial charge in [-0.15, -0.1) is 0 Å². The molecule has 1 N–H and O–H groups in total. The van der Waals surface area contributed by atoms with E-state index in [1.54, 1.807) is 20.8 Å². The van der Waals surface area contributed by atoms with Gasteiger partial charge in [-0.1, -0.05) is 20.8 Å². The molecule has 0 aliphatic heterocycles. The molecule has 0 aromatic rings. The fourth-order valence-corrected chi connectivity index (χ4v) is 0.931. The maximum absolute atomic E-state index is 12.6. The molecule has 0 amide bonds. The monoisotopic (exact) mass is 284 g/mol. The molecular weight excluding hydrogens is 269 g/mol. The zero-order chi connectivity index (χ0) is 13.2. The molecule has 5 nitrogen and oxygen atoms in total. The van der Waals surface area contributed by atoms with Crippen LogP contribution in [-0.4, -0.2) is 60.4 Å². The molecule has 0 saturated heterocycles. The maximum atomic E-state index is 12.6. The molecule has 0 spiro atoms. The van der Waals surface area contributed by atoms with Gasteiger partial charge in [-0.3, -0.25) is 9.35 Å². The molecule has 0 saturated carbocycles. The van der Waals surface area contributed by atoms with E-state index in [2.05, 4.69) is 4.74 Å². The van der Waals surface area contributed by atoms with Crippen LogP contribution in [0.5, 0.6) is 0 Å². The topological polar surface area (TPSA) is 80.7 Å². The van der Waals surface area contributed by atoms with Crippen LogP contribution in [0.15, 0.2) is 0 Å². The summed E-state index contributed by atoms with van der Waals surface area (Å²) in [5.74, 6) is -0.948. The van der Waals surface area contributed by atoms with E-state index in [4.69, 9.17) is 4.55 Å². The van der Waals surface area contributed by atoms with Gasteiger partial charge >= 0.3 is 50.9 Å². The van der Waals surface area contributed by atoms with Crippen LogP contribution < -0.4 is 0 Å². The summed E-state index contributed by atoms with van der Waals surface area (Å²) in [6.45, 7) is 3.39. The Labute approximate surface area is 121 Å². The Balaban J connectivity index is 0. The van der Waals surface area contributed by atoms with Gasteiger partial charge in [0.15, 0.2) is 6.61 Å². The standard InChI is InChI=1S/C8H14F2O5S.Na.H/c1-7(2,3)4-6(11)15-5-8(9,10)16(12,13)14;;/h4-5H2,1-3H3,(H,12,13,14);;. The van der Waals surface area contributed by atoms with Crippen molar-refractivity contribution in [2.75, 3.05) is 6.61 Å². The Hall–Kier alpha value is 0.240. The van der Waals surface area contributed by atoms with Crippen molar-refractivity contribution in [1.29, 1.82) is 0 Å². The van der Waals surface area contributed by atoms with E-state index in [0.29, 0.717) is 0 Å². The molecule has 0 radical (unpaired) electrons. The Bertz CT molecular complexity index is 361. The van der Waals surface area contributed by atoms with E-state index in [-0.39, 0.29) is 36.0 Å². The van der Waals surface area contributed by atoms with E-state index in [9.17, 15) is 22.0 Å². The Morgan fingerprint density at radius 1 is 1.29 bits per heavy atom. The van der Waals surface area contributed by atoms with Crippen LogP contribution in [0.1, 0.15) is 27.2 Å². The SMILES string of the molecule is CC(C)(C)CC(=O)OCC(F)(F)S(=O)(=O)O.[NaH]. The molecule has 0 unspecified atom stereocenters. The van der Waals surface area contributed by atoms with E-state index in [1.807, 2.05) is 0 Å². The van der Waals surface area contributed by atoms with Crippen LogP contribution in [0, 0.1) is 5.41 Å². The third-order valence-electron chi connectivity index (χ3n) is 1.45. The first-order chi connectivity index (χ1) is 6.85. The fourth-order valence-electron chi connectivity index (χ4n) is 0.723. The zero-order valence-corrected chi connectivity index (χ0v) is 9.98. The predicted molar refractivity (Wildman–Crippen MR) is 58.7 cm³/mol. The first kappa shape index (κ1) is 19.6. The zero-order valence-electron chi connectivity index (χ0n) is 9.16. The average Bonchev–Trinajstić information content (AvgIpc) is 1.95. The van der Waals surface area contributed by atoms with Crippen molar-refractivity contribution < 1.29 is 31.3 Å². The van der Waals surface area contributed by atoms with Gasteiger partial charge in [0.1, 0.15) is 0 Å². The van der Waals surface area contributed by atoms with Gasteiger partial charge in [0.2, 0.25) is 0 Å². The van der Waals surface area contributed by atoms with Crippen LogP contribution in [0.3, 0.4) is 0 Å². The summed E-state index contributed by atoms with van der Waals surface area (Å²) in [6, 6.07) is 0. The number of hydrogen-bond acceptors (Lipinski definition) is 4. The van der Waals surface area contributed by atoms with Gasteiger partial charge in [-0.05, 0) is 5.41 Å². The summed E-state index contributed by atoms with van der Waals surface area (Å²) in [6.07, 6.45) is -0.130. The molecule has 98 valence electrons. The summed E-state index contributed by atoms with van der Waals surface area (Å²) in [7, 11) is -5.55. The third-order valence-corrected chi connectivity index (χ3v) is 2.33. The number of rotatable bonds is 4. The number of esters is 1. The number of carbonyl (C=O) groups excluding carboxylic acids is 1. The van der Waals surface area contributed by atoms with Crippen LogP contribution in [-0.2, 0) is 19.6 Å². The summed E-state index contributed by atoms with van der Waals surface area (Å²) < 4.78 is 57.8. The molecule has 0 aliphatic carbocycles. The van der Waals surface area contributed by atoms with Gasteiger partial charge in [-0.25, -0.2) is 0 Å². The Morgan fingerprint density at radius 3 is 2.00 bits per heavy atom. The summed E-state index contributed by atoms with van der Waals surface area (Å²) >= 11 is 0. The molecule has 0 aliphatic rings. The molecule has 0 rings (SSSR count). The molecule has 0 fully saturated rings. The Kier molecular flexibility index (Phi) is 7.39. The first-order valence-electron chi connectivity index (χ1n) is 4.36. The second-order valence-corrected chi connectivity index (χ2v) is 6.06. The van der Waals surface area contributed by atoms with E-state index in [0.717, 1.165) is 0 Å². The van der Waals surface area contributed by atoms with Gasteiger partial charge in [0, 0.05) is 0 Å². The van der Waals surface area contributed by atoms with Crippen LogP contribution in [0.2, 0.25) is 0 Å².